The molecule has 3 saturated carbocycles. The Balaban J connectivity index is 1.28. The second-order valence-electron chi connectivity index (χ2n) is 7.86. The van der Waals surface area contributed by atoms with E-state index in [4.69, 9.17) is 0 Å². The van der Waals surface area contributed by atoms with Crippen molar-refractivity contribution in [3.63, 3.8) is 0 Å². The summed E-state index contributed by atoms with van der Waals surface area (Å²) in [6.07, 6.45) is 6.56. The molecule has 134 valence electrons. The molecule has 3 aliphatic carbocycles. The summed E-state index contributed by atoms with van der Waals surface area (Å²) in [5.41, 5.74) is 0.908. The monoisotopic (exact) mass is 344 g/mol. The Kier molecular flexibility index (Phi) is 4.48. The maximum Gasteiger partial charge on any atom is 0.223 e. The van der Waals surface area contributed by atoms with Crippen molar-refractivity contribution >= 4 is 11.8 Å². The molecule has 4 atom stereocenters. The standard InChI is InChI=1S/C20H25FN2O2/c21-14-5-1-3-12(9-14)17-11-18(17)20(25)23-16-6-2-4-13(10-16)19(24)22-15-7-8-15/h1,3,5,9,13,15-18H,2,4,6-8,10-11H2,(H,22,24)(H,23,25). The van der Waals surface area contributed by atoms with Crippen molar-refractivity contribution in [2.75, 3.05) is 0 Å². The van der Waals surface area contributed by atoms with Gasteiger partial charge in [-0.1, -0.05) is 18.6 Å². The lowest BCUT2D eigenvalue weighted by atomic mass is 9.85. The Morgan fingerprint density at radius 2 is 1.76 bits per heavy atom. The number of benzene rings is 1. The van der Waals surface area contributed by atoms with Crippen LogP contribution in [0.15, 0.2) is 24.3 Å². The molecule has 2 amide bonds. The Labute approximate surface area is 147 Å². The first-order valence-corrected chi connectivity index (χ1v) is 9.46. The fourth-order valence-electron chi connectivity index (χ4n) is 4.00. The van der Waals surface area contributed by atoms with Crippen LogP contribution >= 0.6 is 0 Å². The highest BCUT2D eigenvalue weighted by molar-refractivity contribution is 5.83. The van der Waals surface area contributed by atoms with Gasteiger partial charge in [0.1, 0.15) is 5.82 Å². The van der Waals surface area contributed by atoms with Crippen molar-refractivity contribution < 1.29 is 14.0 Å². The van der Waals surface area contributed by atoms with Crippen LogP contribution in [-0.2, 0) is 9.59 Å². The lowest BCUT2D eigenvalue weighted by Gasteiger charge is -2.29. The van der Waals surface area contributed by atoms with E-state index in [2.05, 4.69) is 10.6 Å². The van der Waals surface area contributed by atoms with Crippen molar-refractivity contribution in [2.45, 2.75) is 62.9 Å². The third-order valence-electron chi connectivity index (χ3n) is 5.72. The molecule has 0 aromatic heterocycles. The van der Waals surface area contributed by atoms with E-state index in [9.17, 15) is 14.0 Å². The number of hydrogen-bond acceptors (Lipinski definition) is 2. The van der Waals surface area contributed by atoms with Crippen molar-refractivity contribution in [1.82, 2.24) is 10.6 Å². The highest BCUT2D eigenvalue weighted by Crippen LogP contribution is 2.47. The van der Waals surface area contributed by atoms with Crippen LogP contribution in [0.5, 0.6) is 0 Å². The first kappa shape index (κ1) is 16.6. The molecule has 1 aromatic rings. The second-order valence-corrected chi connectivity index (χ2v) is 7.86. The molecule has 4 nitrogen and oxygen atoms in total. The zero-order valence-corrected chi connectivity index (χ0v) is 14.3. The van der Waals surface area contributed by atoms with Gasteiger partial charge in [-0.3, -0.25) is 9.59 Å². The Hall–Kier alpha value is -1.91. The highest BCUT2D eigenvalue weighted by Gasteiger charge is 2.44. The van der Waals surface area contributed by atoms with Gasteiger partial charge in [-0.2, -0.15) is 0 Å². The molecule has 4 unspecified atom stereocenters. The van der Waals surface area contributed by atoms with Gasteiger partial charge in [0.05, 0.1) is 0 Å². The minimum atomic E-state index is -0.250. The molecule has 0 heterocycles. The molecule has 0 aliphatic heterocycles. The zero-order chi connectivity index (χ0) is 17.4. The summed E-state index contributed by atoms with van der Waals surface area (Å²) < 4.78 is 13.3. The minimum Gasteiger partial charge on any atom is -0.353 e. The van der Waals surface area contributed by atoms with E-state index in [1.54, 1.807) is 6.07 Å². The molecule has 3 aliphatic rings. The minimum absolute atomic E-state index is 0.0258. The van der Waals surface area contributed by atoms with Crippen molar-refractivity contribution in [1.29, 1.82) is 0 Å². The van der Waals surface area contributed by atoms with E-state index >= 15 is 0 Å². The largest absolute Gasteiger partial charge is 0.353 e. The molecule has 0 spiro atoms. The number of carbonyl (C=O) groups excluding carboxylic acids is 2. The first-order chi connectivity index (χ1) is 12.1. The summed E-state index contributed by atoms with van der Waals surface area (Å²) in [4.78, 5) is 24.7. The van der Waals surface area contributed by atoms with Gasteiger partial charge in [-0.15, -0.1) is 0 Å². The van der Waals surface area contributed by atoms with Gasteiger partial charge in [-0.25, -0.2) is 4.39 Å². The molecule has 3 fully saturated rings. The highest BCUT2D eigenvalue weighted by atomic mass is 19.1. The molecule has 5 heteroatoms. The van der Waals surface area contributed by atoms with E-state index in [-0.39, 0.29) is 41.4 Å². The van der Waals surface area contributed by atoms with E-state index in [0.29, 0.717) is 6.04 Å². The van der Waals surface area contributed by atoms with E-state index < -0.39 is 0 Å². The van der Waals surface area contributed by atoms with Crippen LogP contribution < -0.4 is 10.6 Å². The summed E-state index contributed by atoms with van der Waals surface area (Å²) in [5, 5.41) is 6.22. The summed E-state index contributed by atoms with van der Waals surface area (Å²) in [7, 11) is 0. The quantitative estimate of drug-likeness (QED) is 0.863. The second kappa shape index (κ2) is 6.77. The molecule has 4 rings (SSSR count). The third kappa shape index (κ3) is 4.02. The van der Waals surface area contributed by atoms with Gasteiger partial charge in [0, 0.05) is 23.9 Å². The number of halogens is 1. The third-order valence-corrected chi connectivity index (χ3v) is 5.72. The van der Waals surface area contributed by atoms with Gasteiger partial charge in [-0.05, 0) is 62.1 Å². The number of amides is 2. The van der Waals surface area contributed by atoms with Gasteiger partial charge >= 0.3 is 0 Å². The molecule has 0 saturated heterocycles. The van der Waals surface area contributed by atoms with Crippen LogP contribution in [0, 0.1) is 17.7 Å². The maximum absolute atomic E-state index is 13.3. The molecule has 1 aromatic carbocycles. The summed E-state index contributed by atoms with van der Waals surface area (Å²) in [6.45, 7) is 0. The topological polar surface area (TPSA) is 58.2 Å². The predicted molar refractivity (Wildman–Crippen MR) is 92.3 cm³/mol. The lowest BCUT2D eigenvalue weighted by molar-refractivity contribution is -0.128. The summed E-state index contributed by atoms with van der Waals surface area (Å²) >= 11 is 0. The number of nitrogens with one attached hydrogen (secondary N) is 2. The van der Waals surface area contributed by atoms with Crippen LogP contribution in [0.1, 0.15) is 56.4 Å². The summed E-state index contributed by atoms with van der Waals surface area (Å²) in [6, 6.07) is 7.01. The van der Waals surface area contributed by atoms with Crippen LogP contribution in [0.4, 0.5) is 4.39 Å². The smallest absolute Gasteiger partial charge is 0.223 e. The van der Waals surface area contributed by atoms with Crippen LogP contribution in [-0.4, -0.2) is 23.9 Å². The summed E-state index contributed by atoms with van der Waals surface area (Å²) in [5.74, 6) is 0.0713. The molecule has 0 bridgehead atoms. The van der Waals surface area contributed by atoms with E-state index in [1.807, 2.05) is 6.07 Å². The number of carbonyl (C=O) groups is 2. The fourth-order valence-corrected chi connectivity index (χ4v) is 4.00. The maximum atomic E-state index is 13.3. The normalized spacial score (nSPS) is 31.2. The Bertz CT molecular complexity index is 673. The van der Waals surface area contributed by atoms with Crippen molar-refractivity contribution in [3.8, 4) is 0 Å². The van der Waals surface area contributed by atoms with Gasteiger partial charge in [0.15, 0.2) is 0 Å². The Morgan fingerprint density at radius 3 is 2.52 bits per heavy atom. The van der Waals surface area contributed by atoms with Gasteiger partial charge < -0.3 is 10.6 Å². The van der Waals surface area contributed by atoms with Crippen LogP contribution in [0.3, 0.4) is 0 Å². The average molecular weight is 344 g/mol. The first-order valence-electron chi connectivity index (χ1n) is 9.46. The fraction of sp³-hybridized carbons (Fsp3) is 0.600. The van der Waals surface area contributed by atoms with E-state index in [0.717, 1.165) is 50.5 Å². The van der Waals surface area contributed by atoms with Crippen molar-refractivity contribution in [2.24, 2.45) is 11.8 Å². The molecule has 2 N–H and O–H groups in total. The van der Waals surface area contributed by atoms with Crippen LogP contribution in [0.25, 0.3) is 0 Å². The van der Waals surface area contributed by atoms with Gasteiger partial charge in [0.2, 0.25) is 11.8 Å². The SMILES string of the molecule is O=C(NC1CC1)C1CCCC(NC(=O)C2CC2c2cccc(F)c2)C1. The number of hydrogen-bond donors (Lipinski definition) is 2. The molecule has 0 radical (unpaired) electrons. The van der Waals surface area contributed by atoms with E-state index in [1.165, 1.54) is 12.1 Å². The molecular formula is C20H25FN2O2. The number of rotatable bonds is 5. The van der Waals surface area contributed by atoms with Crippen molar-refractivity contribution in [3.05, 3.63) is 35.6 Å². The molecular weight excluding hydrogens is 319 g/mol. The lowest BCUT2D eigenvalue weighted by Crippen LogP contribution is -2.43. The predicted octanol–water partition coefficient (Wildman–Crippen LogP) is 2.88. The van der Waals surface area contributed by atoms with Gasteiger partial charge in [0.25, 0.3) is 0 Å². The zero-order valence-electron chi connectivity index (χ0n) is 14.3. The molecule has 25 heavy (non-hydrogen) atoms. The van der Waals surface area contributed by atoms with Crippen LogP contribution in [0.2, 0.25) is 0 Å². The average Bonchev–Trinajstić information content (AvgIpc) is 3.49. The Morgan fingerprint density at radius 1 is 0.960 bits per heavy atom.